The third kappa shape index (κ3) is 2.55. The Kier molecular flexibility index (Phi) is 4.01. The molecule has 1 saturated heterocycles. The molecule has 1 aromatic carbocycles. The Labute approximate surface area is 109 Å². The topological polar surface area (TPSA) is 53.0 Å². The maximum absolute atomic E-state index is 9.00. The molecule has 0 aromatic heterocycles. The summed E-state index contributed by atoms with van der Waals surface area (Å²) in [6.45, 7) is 6.88. The molecule has 0 atom stereocenters. The minimum Gasteiger partial charge on any atom is -0.397 e. The molecular formula is C15H19N3. The van der Waals surface area contributed by atoms with E-state index < -0.39 is 0 Å². The number of likely N-dealkylation sites (tertiary alicyclic amines) is 1. The fourth-order valence-corrected chi connectivity index (χ4v) is 2.65. The van der Waals surface area contributed by atoms with Crippen LogP contribution in [0.3, 0.4) is 0 Å². The van der Waals surface area contributed by atoms with E-state index in [0.717, 1.165) is 38.0 Å². The van der Waals surface area contributed by atoms with Crippen LogP contribution in [0.2, 0.25) is 0 Å². The van der Waals surface area contributed by atoms with Crippen LogP contribution < -0.4 is 5.73 Å². The number of benzene rings is 1. The lowest BCUT2D eigenvalue weighted by Gasteiger charge is -2.32. The van der Waals surface area contributed by atoms with Gasteiger partial charge in [-0.1, -0.05) is 18.2 Å². The zero-order valence-corrected chi connectivity index (χ0v) is 10.6. The van der Waals surface area contributed by atoms with E-state index in [-0.39, 0.29) is 0 Å². The lowest BCUT2D eigenvalue weighted by Crippen LogP contribution is -2.33. The first-order valence-electron chi connectivity index (χ1n) is 6.38. The van der Waals surface area contributed by atoms with Gasteiger partial charge in [0.2, 0.25) is 0 Å². The Balaban J connectivity index is 2.10. The first-order valence-corrected chi connectivity index (χ1v) is 6.38. The van der Waals surface area contributed by atoms with E-state index in [1.54, 1.807) is 6.07 Å². The molecule has 1 aromatic rings. The van der Waals surface area contributed by atoms with Crippen LogP contribution in [-0.4, -0.2) is 24.5 Å². The molecule has 94 valence electrons. The highest BCUT2D eigenvalue weighted by Gasteiger charge is 2.22. The molecule has 0 spiro atoms. The number of para-hydroxylation sites is 1. The van der Waals surface area contributed by atoms with E-state index in [1.807, 2.05) is 12.1 Å². The van der Waals surface area contributed by atoms with Crippen LogP contribution in [0.25, 0.3) is 0 Å². The molecule has 1 aliphatic rings. The third-order valence-corrected chi connectivity index (χ3v) is 3.68. The molecule has 2 rings (SSSR count). The van der Waals surface area contributed by atoms with Gasteiger partial charge in [0.05, 0.1) is 11.3 Å². The SMILES string of the molecule is C=CCN1CCC(c2cccc(C#N)c2N)CC1. The van der Waals surface area contributed by atoms with Gasteiger partial charge in [-0.25, -0.2) is 0 Å². The molecule has 1 fully saturated rings. The lowest BCUT2D eigenvalue weighted by atomic mass is 9.87. The van der Waals surface area contributed by atoms with Gasteiger partial charge >= 0.3 is 0 Å². The molecule has 0 amide bonds. The molecule has 0 saturated carbocycles. The van der Waals surface area contributed by atoms with Crippen LogP contribution in [0.15, 0.2) is 30.9 Å². The van der Waals surface area contributed by atoms with Crippen molar-refractivity contribution in [2.75, 3.05) is 25.4 Å². The Morgan fingerprint density at radius 2 is 2.17 bits per heavy atom. The summed E-state index contributed by atoms with van der Waals surface area (Å²) in [4.78, 5) is 2.40. The van der Waals surface area contributed by atoms with Crippen molar-refractivity contribution in [2.24, 2.45) is 0 Å². The summed E-state index contributed by atoms with van der Waals surface area (Å²) >= 11 is 0. The number of nitriles is 1. The van der Waals surface area contributed by atoms with Gasteiger partial charge in [-0.15, -0.1) is 6.58 Å². The van der Waals surface area contributed by atoms with Crippen molar-refractivity contribution in [3.63, 3.8) is 0 Å². The van der Waals surface area contributed by atoms with E-state index in [9.17, 15) is 0 Å². The number of nitrogen functional groups attached to an aromatic ring is 1. The Morgan fingerprint density at radius 3 is 2.78 bits per heavy atom. The average Bonchev–Trinajstić information content (AvgIpc) is 2.41. The summed E-state index contributed by atoms with van der Waals surface area (Å²) in [5.74, 6) is 0.486. The molecule has 0 aliphatic carbocycles. The van der Waals surface area contributed by atoms with E-state index >= 15 is 0 Å². The molecule has 1 aliphatic heterocycles. The highest BCUT2D eigenvalue weighted by atomic mass is 15.1. The molecule has 2 N–H and O–H groups in total. The number of rotatable bonds is 3. The summed E-state index contributed by atoms with van der Waals surface area (Å²) < 4.78 is 0. The second-order valence-corrected chi connectivity index (χ2v) is 4.78. The molecule has 0 radical (unpaired) electrons. The average molecular weight is 241 g/mol. The van der Waals surface area contributed by atoms with Crippen molar-refractivity contribution in [1.29, 1.82) is 5.26 Å². The van der Waals surface area contributed by atoms with Crippen molar-refractivity contribution in [3.8, 4) is 6.07 Å². The molecular weight excluding hydrogens is 222 g/mol. The van der Waals surface area contributed by atoms with Crippen molar-refractivity contribution in [2.45, 2.75) is 18.8 Å². The maximum atomic E-state index is 9.00. The van der Waals surface area contributed by atoms with Crippen LogP contribution in [0, 0.1) is 11.3 Å². The number of nitrogens with zero attached hydrogens (tertiary/aromatic N) is 2. The van der Waals surface area contributed by atoms with Gasteiger partial charge in [-0.3, -0.25) is 4.90 Å². The summed E-state index contributed by atoms with van der Waals surface area (Å²) in [7, 11) is 0. The van der Waals surface area contributed by atoms with Gasteiger partial charge in [0, 0.05) is 6.54 Å². The van der Waals surface area contributed by atoms with E-state index in [2.05, 4.69) is 23.6 Å². The summed E-state index contributed by atoms with van der Waals surface area (Å²) in [6.07, 6.45) is 4.16. The van der Waals surface area contributed by atoms with Gasteiger partial charge < -0.3 is 5.73 Å². The van der Waals surface area contributed by atoms with Crippen LogP contribution in [-0.2, 0) is 0 Å². The van der Waals surface area contributed by atoms with E-state index in [1.165, 1.54) is 0 Å². The predicted octanol–water partition coefficient (Wildman–Crippen LogP) is 2.51. The van der Waals surface area contributed by atoms with Crippen molar-refractivity contribution >= 4 is 5.69 Å². The Bertz CT molecular complexity index is 465. The maximum Gasteiger partial charge on any atom is 0.101 e. The normalized spacial score (nSPS) is 17.3. The number of nitrogens with two attached hydrogens (primary N) is 1. The fraction of sp³-hybridized carbons (Fsp3) is 0.400. The van der Waals surface area contributed by atoms with E-state index in [0.29, 0.717) is 17.2 Å². The van der Waals surface area contributed by atoms with Crippen molar-refractivity contribution in [1.82, 2.24) is 4.90 Å². The number of piperidine rings is 1. The lowest BCUT2D eigenvalue weighted by molar-refractivity contribution is 0.233. The minimum atomic E-state index is 0.486. The molecule has 1 heterocycles. The van der Waals surface area contributed by atoms with Gasteiger partial charge in [-0.05, 0) is 43.5 Å². The predicted molar refractivity (Wildman–Crippen MR) is 74.2 cm³/mol. The quantitative estimate of drug-likeness (QED) is 0.653. The van der Waals surface area contributed by atoms with Crippen molar-refractivity contribution in [3.05, 3.63) is 42.0 Å². The number of anilines is 1. The third-order valence-electron chi connectivity index (χ3n) is 3.68. The summed E-state index contributed by atoms with van der Waals surface area (Å²) in [6, 6.07) is 7.93. The molecule has 3 nitrogen and oxygen atoms in total. The minimum absolute atomic E-state index is 0.486. The number of hydrogen-bond acceptors (Lipinski definition) is 3. The summed E-state index contributed by atoms with van der Waals surface area (Å²) in [5.41, 5.74) is 8.48. The molecule has 3 heteroatoms. The van der Waals surface area contributed by atoms with Crippen molar-refractivity contribution < 1.29 is 0 Å². The molecule has 0 unspecified atom stereocenters. The largest absolute Gasteiger partial charge is 0.397 e. The van der Waals surface area contributed by atoms with Crippen LogP contribution in [0.1, 0.15) is 29.9 Å². The fourth-order valence-electron chi connectivity index (χ4n) is 2.65. The first kappa shape index (κ1) is 12.7. The van der Waals surface area contributed by atoms with Crippen LogP contribution in [0.4, 0.5) is 5.69 Å². The molecule has 18 heavy (non-hydrogen) atoms. The zero-order chi connectivity index (χ0) is 13.0. The highest BCUT2D eigenvalue weighted by molar-refractivity contribution is 5.60. The number of hydrogen-bond donors (Lipinski definition) is 1. The Hall–Kier alpha value is -1.79. The second kappa shape index (κ2) is 5.70. The van der Waals surface area contributed by atoms with Gasteiger partial charge in [0.1, 0.15) is 6.07 Å². The van der Waals surface area contributed by atoms with Crippen LogP contribution in [0.5, 0.6) is 0 Å². The van der Waals surface area contributed by atoms with Gasteiger partial charge in [-0.2, -0.15) is 5.26 Å². The zero-order valence-electron chi connectivity index (χ0n) is 10.6. The molecule has 0 bridgehead atoms. The van der Waals surface area contributed by atoms with Crippen LogP contribution >= 0.6 is 0 Å². The standard InChI is InChI=1S/C15H19N3/c1-2-8-18-9-6-12(7-10-18)14-5-3-4-13(11-16)15(14)17/h2-5,12H,1,6-10,17H2. The Morgan fingerprint density at radius 1 is 1.44 bits per heavy atom. The van der Waals surface area contributed by atoms with Gasteiger partial charge in [0.15, 0.2) is 0 Å². The van der Waals surface area contributed by atoms with Gasteiger partial charge in [0.25, 0.3) is 0 Å². The first-order chi connectivity index (χ1) is 8.76. The highest BCUT2D eigenvalue weighted by Crippen LogP contribution is 2.32. The summed E-state index contributed by atoms with van der Waals surface area (Å²) in [5, 5.41) is 9.00. The smallest absolute Gasteiger partial charge is 0.101 e. The van der Waals surface area contributed by atoms with E-state index in [4.69, 9.17) is 11.0 Å². The monoisotopic (exact) mass is 241 g/mol. The second-order valence-electron chi connectivity index (χ2n) is 4.78.